The van der Waals surface area contributed by atoms with Crippen LogP contribution in [0.25, 0.3) is 0 Å². The van der Waals surface area contributed by atoms with E-state index in [1.165, 1.54) is 5.56 Å². The molecular formula is C16H25NOS. The minimum absolute atomic E-state index is 0.457. The molecule has 1 aliphatic heterocycles. The minimum atomic E-state index is -0.466. The highest BCUT2D eigenvalue weighted by Crippen LogP contribution is 2.26. The van der Waals surface area contributed by atoms with Crippen LogP contribution in [0.1, 0.15) is 31.7 Å². The lowest BCUT2D eigenvalue weighted by Crippen LogP contribution is -2.46. The van der Waals surface area contributed by atoms with E-state index in [4.69, 9.17) is 0 Å². The third kappa shape index (κ3) is 5.17. The Kier molecular flexibility index (Phi) is 5.74. The van der Waals surface area contributed by atoms with Crippen LogP contribution < -0.4 is 5.32 Å². The molecule has 3 heteroatoms. The van der Waals surface area contributed by atoms with Crippen LogP contribution in [0, 0.1) is 0 Å². The topological polar surface area (TPSA) is 32.3 Å². The molecule has 1 unspecified atom stereocenters. The molecular weight excluding hydrogens is 254 g/mol. The summed E-state index contributed by atoms with van der Waals surface area (Å²) in [6, 6.07) is 11.1. The molecule has 2 N–H and O–H groups in total. The highest BCUT2D eigenvalue weighted by molar-refractivity contribution is 7.99. The van der Waals surface area contributed by atoms with Gasteiger partial charge in [0.05, 0.1) is 5.60 Å². The van der Waals surface area contributed by atoms with Gasteiger partial charge in [-0.3, -0.25) is 0 Å². The van der Waals surface area contributed by atoms with E-state index in [0.29, 0.717) is 6.04 Å². The van der Waals surface area contributed by atoms with Crippen molar-refractivity contribution in [1.29, 1.82) is 0 Å². The first-order valence-corrected chi connectivity index (χ1v) is 8.41. The van der Waals surface area contributed by atoms with Crippen molar-refractivity contribution >= 4 is 11.8 Å². The van der Waals surface area contributed by atoms with Crippen LogP contribution in [0.15, 0.2) is 30.3 Å². The summed E-state index contributed by atoms with van der Waals surface area (Å²) < 4.78 is 0. The zero-order chi connectivity index (χ0) is 13.6. The van der Waals surface area contributed by atoms with Crippen molar-refractivity contribution in [3.8, 4) is 0 Å². The Morgan fingerprint density at radius 3 is 2.63 bits per heavy atom. The number of hydrogen-bond donors (Lipinski definition) is 2. The van der Waals surface area contributed by atoms with Gasteiger partial charge in [0, 0.05) is 12.6 Å². The Bertz CT molecular complexity index is 362. The molecule has 1 heterocycles. The van der Waals surface area contributed by atoms with Crippen LogP contribution in [0.2, 0.25) is 0 Å². The van der Waals surface area contributed by atoms with Gasteiger partial charge in [0.2, 0.25) is 0 Å². The molecule has 2 rings (SSSR count). The monoisotopic (exact) mass is 279 g/mol. The average Bonchev–Trinajstić information content (AvgIpc) is 2.45. The van der Waals surface area contributed by atoms with Crippen molar-refractivity contribution in [2.75, 3.05) is 18.1 Å². The van der Waals surface area contributed by atoms with Gasteiger partial charge in [-0.05, 0) is 49.7 Å². The number of aryl methyl sites for hydroxylation is 1. The highest BCUT2D eigenvalue weighted by Gasteiger charge is 2.29. The maximum Gasteiger partial charge on any atom is 0.0787 e. The van der Waals surface area contributed by atoms with Gasteiger partial charge in [-0.2, -0.15) is 11.8 Å². The Labute approximate surface area is 121 Å². The summed E-state index contributed by atoms with van der Waals surface area (Å²) in [5.41, 5.74) is 0.927. The molecule has 0 radical (unpaired) electrons. The van der Waals surface area contributed by atoms with Crippen LogP contribution in [-0.4, -0.2) is 34.8 Å². The minimum Gasteiger partial charge on any atom is -0.389 e. The number of aliphatic hydroxyl groups is 1. The van der Waals surface area contributed by atoms with Crippen molar-refractivity contribution in [2.24, 2.45) is 0 Å². The molecule has 0 aliphatic carbocycles. The molecule has 1 fully saturated rings. The SMILES string of the molecule is CC(CCc1ccccc1)NCC1(O)CCSCC1. The fourth-order valence-electron chi connectivity index (χ4n) is 2.42. The fraction of sp³-hybridized carbons (Fsp3) is 0.625. The van der Waals surface area contributed by atoms with Crippen LogP contribution in [0.3, 0.4) is 0 Å². The molecule has 1 saturated heterocycles. The Hall–Kier alpha value is -0.510. The van der Waals surface area contributed by atoms with Gasteiger partial charge in [0.25, 0.3) is 0 Å². The van der Waals surface area contributed by atoms with E-state index in [0.717, 1.165) is 43.7 Å². The second-order valence-corrected chi connectivity index (χ2v) is 6.87. The largest absolute Gasteiger partial charge is 0.389 e. The van der Waals surface area contributed by atoms with Crippen LogP contribution in [0.5, 0.6) is 0 Å². The maximum atomic E-state index is 10.4. The van der Waals surface area contributed by atoms with E-state index in [-0.39, 0.29) is 0 Å². The molecule has 2 nitrogen and oxygen atoms in total. The molecule has 106 valence electrons. The predicted octanol–water partition coefficient (Wildman–Crippen LogP) is 2.86. The summed E-state index contributed by atoms with van der Waals surface area (Å²) in [6.45, 7) is 2.95. The van der Waals surface area contributed by atoms with Crippen molar-refractivity contribution in [3.05, 3.63) is 35.9 Å². The van der Waals surface area contributed by atoms with Crippen molar-refractivity contribution in [2.45, 2.75) is 44.2 Å². The van der Waals surface area contributed by atoms with E-state index >= 15 is 0 Å². The summed E-state index contributed by atoms with van der Waals surface area (Å²) in [7, 11) is 0. The molecule has 1 aromatic carbocycles. The van der Waals surface area contributed by atoms with Crippen molar-refractivity contribution in [1.82, 2.24) is 5.32 Å². The molecule has 0 saturated carbocycles. The molecule has 1 aromatic rings. The van der Waals surface area contributed by atoms with Gasteiger partial charge in [-0.25, -0.2) is 0 Å². The standard InChI is InChI=1S/C16H25NOS/c1-14(7-8-15-5-3-2-4-6-15)17-13-16(18)9-11-19-12-10-16/h2-6,14,17-18H,7-13H2,1H3. The fourth-order valence-corrected chi connectivity index (χ4v) is 3.67. The van der Waals surface area contributed by atoms with E-state index in [1.807, 2.05) is 11.8 Å². The third-order valence-electron chi connectivity index (χ3n) is 3.91. The average molecular weight is 279 g/mol. The molecule has 0 aromatic heterocycles. The Balaban J connectivity index is 1.68. The van der Waals surface area contributed by atoms with Gasteiger partial charge in [0.1, 0.15) is 0 Å². The van der Waals surface area contributed by atoms with Crippen LogP contribution >= 0.6 is 11.8 Å². The van der Waals surface area contributed by atoms with Crippen LogP contribution in [-0.2, 0) is 6.42 Å². The number of hydrogen-bond acceptors (Lipinski definition) is 3. The normalized spacial score (nSPS) is 20.1. The van der Waals surface area contributed by atoms with E-state index < -0.39 is 5.60 Å². The first-order valence-electron chi connectivity index (χ1n) is 7.25. The number of nitrogens with one attached hydrogen (secondary N) is 1. The first-order chi connectivity index (χ1) is 9.18. The van der Waals surface area contributed by atoms with Crippen molar-refractivity contribution < 1.29 is 5.11 Å². The summed E-state index contributed by atoms with van der Waals surface area (Å²) >= 11 is 1.95. The number of rotatable bonds is 6. The molecule has 19 heavy (non-hydrogen) atoms. The Morgan fingerprint density at radius 2 is 1.95 bits per heavy atom. The molecule has 1 atom stereocenters. The Morgan fingerprint density at radius 1 is 1.26 bits per heavy atom. The lowest BCUT2D eigenvalue weighted by Gasteiger charge is -2.33. The summed E-state index contributed by atoms with van der Waals surface area (Å²) in [4.78, 5) is 0. The highest BCUT2D eigenvalue weighted by atomic mass is 32.2. The van der Waals surface area contributed by atoms with Gasteiger partial charge in [0.15, 0.2) is 0 Å². The predicted molar refractivity (Wildman–Crippen MR) is 83.7 cm³/mol. The second-order valence-electron chi connectivity index (χ2n) is 5.64. The quantitative estimate of drug-likeness (QED) is 0.840. The maximum absolute atomic E-state index is 10.4. The number of thioether (sulfide) groups is 1. The first kappa shape index (κ1) is 14.9. The second kappa shape index (κ2) is 7.32. The summed E-state index contributed by atoms with van der Waals surface area (Å²) in [5.74, 6) is 2.19. The third-order valence-corrected chi connectivity index (χ3v) is 4.90. The van der Waals surface area contributed by atoms with E-state index in [1.54, 1.807) is 0 Å². The lowest BCUT2D eigenvalue weighted by molar-refractivity contribution is 0.0298. The van der Waals surface area contributed by atoms with Gasteiger partial charge < -0.3 is 10.4 Å². The lowest BCUT2D eigenvalue weighted by atomic mass is 9.96. The smallest absolute Gasteiger partial charge is 0.0787 e. The zero-order valence-electron chi connectivity index (χ0n) is 11.8. The molecule has 0 amide bonds. The van der Waals surface area contributed by atoms with Gasteiger partial charge in [-0.15, -0.1) is 0 Å². The number of benzene rings is 1. The van der Waals surface area contributed by atoms with Gasteiger partial charge in [-0.1, -0.05) is 30.3 Å². The molecule has 1 aliphatic rings. The molecule has 0 bridgehead atoms. The summed E-state index contributed by atoms with van der Waals surface area (Å²) in [6.07, 6.45) is 4.07. The van der Waals surface area contributed by atoms with Crippen molar-refractivity contribution in [3.63, 3.8) is 0 Å². The van der Waals surface area contributed by atoms with Gasteiger partial charge >= 0.3 is 0 Å². The zero-order valence-corrected chi connectivity index (χ0v) is 12.6. The van der Waals surface area contributed by atoms with E-state index in [2.05, 4.69) is 42.6 Å². The summed E-state index contributed by atoms with van der Waals surface area (Å²) in [5, 5.41) is 13.9. The van der Waals surface area contributed by atoms with E-state index in [9.17, 15) is 5.11 Å². The molecule has 0 spiro atoms. The van der Waals surface area contributed by atoms with Crippen LogP contribution in [0.4, 0.5) is 0 Å².